The molecular weight excluding hydrogens is 513 g/mol. The fourth-order valence-electron chi connectivity index (χ4n) is 3.88. The van der Waals surface area contributed by atoms with E-state index in [1.807, 2.05) is 21.1 Å². The van der Waals surface area contributed by atoms with Crippen LogP contribution in [-0.2, 0) is 23.1 Å². The van der Waals surface area contributed by atoms with E-state index >= 15 is 0 Å². The highest BCUT2D eigenvalue weighted by molar-refractivity contribution is 7.45. The molecule has 39 heavy (non-hydrogen) atoms. The van der Waals surface area contributed by atoms with E-state index in [9.17, 15) is 9.46 Å². The van der Waals surface area contributed by atoms with Crippen molar-refractivity contribution < 1.29 is 32.5 Å². The third-order valence-corrected chi connectivity index (χ3v) is 7.49. The Morgan fingerprint density at radius 2 is 1.18 bits per heavy atom. The van der Waals surface area contributed by atoms with Crippen LogP contribution in [0.2, 0.25) is 0 Å². The number of nitrogens with zero attached hydrogens (tertiary/aromatic N) is 1. The SMILES string of the molecule is CCCC/C=C\CCCCCCCCCC/C=C\CCCCOC[C@H](COP(=O)([O-])OCC[N+](C)(C)C)OC. The lowest BCUT2D eigenvalue weighted by molar-refractivity contribution is -0.870. The van der Waals surface area contributed by atoms with Gasteiger partial charge in [-0.2, -0.15) is 0 Å². The molecule has 232 valence electrons. The lowest BCUT2D eigenvalue weighted by Crippen LogP contribution is -2.37. The first-order valence-corrected chi connectivity index (χ1v) is 17.0. The largest absolute Gasteiger partial charge is 0.756 e. The number of hydrogen-bond donors (Lipinski definition) is 0. The van der Waals surface area contributed by atoms with Gasteiger partial charge in [0.2, 0.25) is 0 Å². The Bertz CT molecular complexity index is 635. The van der Waals surface area contributed by atoms with Crippen molar-refractivity contribution in [3.8, 4) is 0 Å². The van der Waals surface area contributed by atoms with Crippen LogP contribution in [0.3, 0.4) is 0 Å². The number of methoxy groups -OCH3 is 1. The van der Waals surface area contributed by atoms with Crippen LogP contribution in [0.1, 0.15) is 110 Å². The topological polar surface area (TPSA) is 77.1 Å². The summed E-state index contributed by atoms with van der Waals surface area (Å²) >= 11 is 0. The Labute approximate surface area is 241 Å². The van der Waals surface area contributed by atoms with Gasteiger partial charge in [0.1, 0.15) is 19.3 Å². The van der Waals surface area contributed by atoms with Crippen LogP contribution in [0.4, 0.5) is 0 Å². The number of unbranched alkanes of at least 4 members (excludes halogenated alkanes) is 13. The molecule has 0 fully saturated rings. The van der Waals surface area contributed by atoms with Gasteiger partial charge in [-0.3, -0.25) is 4.57 Å². The summed E-state index contributed by atoms with van der Waals surface area (Å²) < 4.78 is 33.3. The number of likely N-dealkylation sites (N-methyl/N-ethyl adjacent to an activating group) is 1. The second-order valence-electron chi connectivity index (χ2n) is 11.5. The molecule has 0 radical (unpaired) electrons. The van der Waals surface area contributed by atoms with Crippen LogP contribution in [0.15, 0.2) is 24.3 Å². The fraction of sp³-hybridized carbons (Fsp3) is 0.871. The van der Waals surface area contributed by atoms with Gasteiger partial charge in [-0.15, -0.1) is 0 Å². The quantitative estimate of drug-likeness (QED) is 0.0396. The molecular formula is C31H62NO6P. The summed E-state index contributed by atoms with van der Waals surface area (Å²) in [5.41, 5.74) is 0. The van der Waals surface area contributed by atoms with E-state index in [0.717, 1.165) is 19.3 Å². The molecule has 2 atom stereocenters. The van der Waals surface area contributed by atoms with E-state index in [0.29, 0.717) is 24.2 Å². The third-order valence-electron chi connectivity index (χ3n) is 6.53. The van der Waals surface area contributed by atoms with Gasteiger partial charge in [0, 0.05) is 13.7 Å². The Hall–Kier alpha value is -0.530. The number of rotatable bonds is 29. The Morgan fingerprint density at radius 3 is 1.67 bits per heavy atom. The Kier molecular flexibility index (Phi) is 26.0. The van der Waals surface area contributed by atoms with Crippen molar-refractivity contribution in [1.82, 2.24) is 0 Å². The molecule has 0 rings (SSSR count). The molecule has 0 aliphatic carbocycles. The van der Waals surface area contributed by atoms with Gasteiger partial charge in [-0.25, -0.2) is 0 Å². The predicted octanol–water partition coefficient (Wildman–Crippen LogP) is 7.60. The van der Waals surface area contributed by atoms with Gasteiger partial charge < -0.3 is 27.9 Å². The molecule has 8 heteroatoms. The summed E-state index contributed by atoms with van der Waals surface area (Å²) in [6.07, 6.45) is 29.2. The van der Waals surface area contributed by atoms with Crippen molar-refractivity contribution in [2.75, 3.05) is 61.2 Å². The number of ether oxygens (including phenoxy) is 2. The summed E-state index contributed by atoms with van der Waals surface area (Å²) in [4.78, 5) is 11.9. The van der Waals surface area contributed by atoms with E-state index in [2.05, 4.69) is 31.2 Å². The summed E-state index contributed by atoms with van der Waals surface area (Å²) in [5.74, 6) is 0. The maximum atomic E-state index is 11.9. The van der Waals surface area contributed by atoms with Gasteiger partial charge in [0.25, 0.3) is 7.82 Å². The summed E-state index contributed by atoms with van der Waals surface area (Å²) in [6, 6.07) is 0. The predicted molar refractivity (Wildman–Crippen MR) is 162 cm³/mol. The molecule has 0 saturated carbocycles. The molecule has 0 spiro atoms. The Morgan fingerprint density at radius 1 is 0.692 bits per heavy atom. The van der Waals surface area contributed by atoms with E-state index in [1.54, 1.807) is 0 Å². The minimum atomic E-state index is -4.33. The van der Waals surface area contributed by atoms with Crippen LogP contribution < -0.4 is 4.89 Å². The number of phosphoric ester groups is 1. The zero-order chi connectivity index (χ0) is 29.1. The third kappa shape index (κ3) is 30.3. The van der Waals surface area contributed by atoms with Crippen molar-refractivity contribution in [2.24, 2.45) is 0 Å². The second kappa shape index (κ2) is 26.4. The molecule has 0 amide bonds. The Balaban J connectivity index is 3.52. The molecule has 0 saturated heterocycles. The second-order valence-corrected chi connectivity index (χ2v) is 12.9. The lowest BCUT2D eigenvalue weighted by Gasteiger charge is -2.28. The molecule has 0 heterocycles. The van der Waals surface area contributed by atoms with E-state index in [-0.39, 0.29) is 13.2 Å². The molecule has 0 aliphatic rings. The van der Waals surface area contributed by atoms with Gasteiger partial charge >= 0.3 is 0 Å². The standard InChI is InChI=1S/C31H62NO6P/c1-6-7-8-9-10-11-12-13-14-15-16-17-18-19-20-21-22-23-24-25-27-36-29-31(35-5)30-38-39(33,34)37-28-26-32(2,3)4/h9-10,21-22,31H,6-8,11-20,23-30H2,1-5H3/b10-9-,22-21-/t31-/m1/s1. The van der Waals surface area contributed by atoms with Crippen LogP contribution in [0.5, 0.6) is 0 Å². The number of hydrogen-bond acceptors (Lipinski definition) is 6. The molecule has 0 bridgehead atoms. The molecule has 0 aliphatic heterocycles. The number of quaternary nitrogens is 1. The molecule has 0 aromatic heterocycles. The maximum absolute atomic E-state index is 11.9. The number of phosphoric acid groups is 1. The number of allylic oxidation sites excluding steroid dienone is 4. The highest BCUT2D eigenvalue weighted by Crippen LogP contribution is 2.38. The zero-order valence-electron chi connectivity index (χ0n) is 26.1. The lowest BCUT2D eigenvalue weighted by atomic mass is 10.1. The van der Waals surface area contributed by atoms with Crippen LogP contribution >= 0.6 is 7.82 Å². The fourth-order valence-corrected chi connectivity index (χ4v) is 4.61. The zero-order valence-corrected chi connectivity index (χ0v) is 27.0. The monoisotopic (exact) mass is 575 g/mol. The van der Waals surface area contributed by atoms with E-state index in [4.69, 9.17) is 18.5 Å². The first-order chi connectivity index (χ1) is 18.7. The summed E-state index contributed by atoms with van der Waals surface area (Å²) in [5, 5.41) is 0. The van der Waals surface area contributed by atoms with Crippen molar-refractivity contribution in [1.29, 1.82) is 0 Å². The average Bonchev–Trinajstić information content (AvgIpc) is 2.88. The smallest absolute Gasteiger partial charge is 0.268 e. The minimum absolute atomic E-state index is 0.0881. The first-order valence-electron chi connectivity index (χ1n) is 15.5. The van der Waals surface area contributed by atoms with Crippen molar-refractivity contribution in [2.45, 2.75) is 116 Å². The van der Waals surface area contributed by atoms with Crippen LogP contribution in [-0.4, -0.2) is 71.8 Å². The maximum Gasteiger partial charge on any atom is 0.268 e. The molecule has 7 nitrogen and oxygen atoms in total. The van der Waals surface area contributed by atoms with Crippen LogP contribution in [0.25, 0.3) is 0 Å². The van der Waals surface area contributed by atoms with E-state index in [1.165, 1.54) is 90.6 Å². The van der Waals surface area contributed by atoms with Crippen LogP contribution in [0, 0.1) is 0 Å². The average molecular weight is 576 g/mol. The normalized spacial score (nSPS) is 14.9. The molecule has 0 N–H and O–H groups in total. The van der Waals surface area contributed by atoms with Crippen molar-refractivity contribution in [3.63, 3.8) is 0 Å². The van der Waals surface area contributed by atoms with E-state index < -0.39 is 13.9 Å². The minimum Gasteiger partial charge on any atom is -0.756 e. The highest BCUT2D eigenvalue weighted by Gasteiger charge is 2.16. The highest BCUT2D eigenvalue weighted by atomic mass is 31.2. The van der Waals surface area contributed by atoms with Gasteiger partial charge in [0.05, 0.1) is 34.4 Å². The van der Waals surface area contributed by atoms with Crippen molar-refractivity contribution >= 4 is 7.82 Å². The molecule has 0 aromatic rings. The first kappa shape index (κ1) is 38.5. The summed E-state index contributed by atoms with van der Waals surface area (Å²) in [7, 11) is 3.09. The molecule has 0 aromatic carbocycles. The van der Waals surface area contributed by atoms with Crippen molar-refractivity contribution in [3.05, 3.63) is 24.3 Å². The summed E-state index contributed by atoms with van der Waals surface area (Å²) in [6.45, 7) is 3.71. The van der Waals surface area contributed by atoms with Gasteiger partial charge in [-0.05, 0) is 51.4 Å². The molecule has 1 unspecified atom stereocenters. The van der Waals surface area contributed by atoms with Gasteiger partial charge in [-0.1, -0.05) is 82.6 Å². The van der Waals surface area contributed by atoms with Gasteiger partial charge in [0.15, 0.2) is 0 Å².